The van der Waals surface area contributed by atoms with E-state index in [1.165, 1.54) is 14.2 Å². The smallest absolute Gasteiger partial charge is 0.337 e. The van der Waals surface area contributed by atoms with Crippen molar-refractivity contribution in [2.45, 2.75) is 20.6 Å². The van der Waals surface area contributed by atoms with Crippen LogP contribution >= 0.6 is 0 Å². The minimum Gasteiger partial charge on any atom is -0.465 e. The molecule has 1 fully saturated rings. The maximum absolute atomic E-state index is 11.1. The van der Waals surface area contributed by atoms with Crippen LogP contribution in [0.5, 0.6) is 0 Å². The van der Waals surface area contributed by atoms with Crippen LogP contribution in [-0.4, -0.2) is 62.8 Å². The zero-order valence-corrected chi connectivity index (χ0v) is 17.2. The minimum absolute atomic E-state index is 0. The van der Waals surface area contributed by atoms with Gasteiger partial charge in [0.15, 0.2) is 0 Å². The molecule has 8 heteroatoms. The average Bonchev–Trinajstić information content (AvgIpc) is 3.69. The molecule has 1 heterocycles. The first-order valence-electron chi connectivity index (χ1n) is 9.27. The molecule has 31 heavy (non-hydrogen) atoms. The molecule has 0 aromatic heterocycles. The molecule has 0 bridgehead atoms. The number of carbonyl (C=O) groups excluding carboxylic acids is 2. The van der Waals surface area contributed by atoms with Crippen LogP contribution in [0.3, 0.4) is 0 Å². The number of benzene rings is 2. The lowest BCUT2D eigenvalue weighted by Gasteiger charge is -2.03. The van der Waals surface area contributed by atoms with Gasteiger partial charge in [-0.3, -0.25) is 0 Å². The Bertz CT molecular complexity index is 736. The highest BCUT2D eigenvalue weighted by Gasteiger charge is 2.04. The average molecular weight is 437 g/mol. The number of methoxy groups -OCH3 is 2. The number of hydrogen-bond donors (Lipinski definition) is 2. The van der Waals surface area contributed by atoms with Gasteiger partial charge in [0.25, 0.3) is 0 Å². The molecular formula is C23H32O8. The fourth-order valence-corrected chi connectivity index (χ4v) is 1.97. The van der Waals surface area contributed by atoms with Crippen LogP contribution in [0.25, 0.3) is 0 Å². The molecule has 0 saturated carbocycles. The molecule has 0 unspecified atom stereocenters. The van der Waals surface area contributed by atoms with Crippen LogP contribution in [0.1, 0.15) is 39.3 Å². The lowest BCUT2D eigenvalue weighted by molar-refractivity contribution is 0.0591. The third kappa shape index (κ3) is 12.5. The molecule has 0 atom stereocenters. The van der Waals surface area contributed by atoms with Crippen LogP contribution in [0.2, 0.25) is 0 Å². The number of aliphatic hydroxyl groups excluding tert-OH is 2. The Morgan fingerprint density at radius 1 is 0.839 bits per heavy atom. The van der Waals surface area contributed by atoms with E-state index >= 15 is 0 Å². The highest BCUT2D eigenvalue weighted by atomic mass is 16.6. The minimum atomic E-state index is -0.362. The zero-order chi connectivity index (χ0) is 22.2. The molecule has 0 amide bonds. The summed E-state index contributed by atoms with van der Waals surface area (Å²) in [5.74, 6) is -0.711. The van der Waals surface area contributed by atoms with Crippen LogP contribution in [0, 0.1) is 0 Å². The molecule has 2 aromatic carbocycles. The van der Waals surface area contributed by atoms with Gasteiger partial charge in [-0.15, -0.1) is 0 Å². The molecule has 8 nitrogen and oxygen atoms in total. The third-order valence-electron chi connectivity index (χ3n) is 3.64. The van der Waals surface area contributed by atoms with Crippen LogP contribution in [-0.2, 0) is 32.2 Å². The largest absolute Gasteiger partial charge is 0.465 e. The van der Waals surface area contributed by atoms with Gasteiger partial charge in [-0.2, -0.15) is 0 Å². The summed E-state index contributed by atoms with van der Waals surface area (Å²) in [6.07, 6.45) is 0. The Kier molecular flexibility index (Phi) is 15.4. The van der Waals surface area contributed by atoms with Gasteiger partial charge < -0.3 is 29.2 Å². The van der Waals surface area contributed by atoms with E-state index in [2.05, 4.69) is 14.2 Å². The van der Waals surface area contributed by atoms with Crippen LogP contribution < -0.4 is 0 Å². The predicted octanol–water partition coefficient (Wildman–Crippen LogP) is 2.60. The van der Waals surface area contributed by atoms with E-state index in [1.807, 2.05) is 0 Å². The van der Waals surface area contributed by atoms with E-state index in [0.29, 0.717) is 24.3 Å². The number of hydrogen-bond acceptors (Lipinski definition) is 8. The quantitative estimate of drug-likeness (QED) is 0.387. The summed E-state index contributed by atoms with van der Waals surface area (Å²) in [6.45, 7) is 2.75. The van der Waals surface area contributed by atoms with Crippen molar-refractivity contribution in [3.8, 4) is 0 Å². The molecule has 2 aromatic rings. The number of aliphatic hydroxyl groups is 2. The van der Waals surface area contributed by atoms with Crippen molar-refractivity contribution in [3.05, 3.63) is 70.8 Å². The normalized spacial score (nSPS) is 10.8. The lowest BCUT2D eigenvalue weighted by atomic mass is 10.1. The Labute approximate surface area is 183 Å². The summed E-state index contributed by atoms with van der Waals surface area (Å²) >= 11 is 0. The van der Waals surface area contributed by atoms with Crippen molar-refractivity contribution in [1.82, 2.24) is 0 Å². The topological polar surface area (TPSA) is 115 Å². The van der Waals surface area contributed by atoms with Gasteiger partial charge in [0.2, 0.25) is 0 Å². The SMILES string of the molecule is C.C1CO1.COC(=O)c1ccc(CO)cc1.COC(=O)c1ccc(COCCO)cc1. The van der Waals surface area contributed by atoms with Gasteiger partial charge in [-0.1, -0.05) is 31.7 Å². The molecule has 3 rings (SSSR count). The van der Waals surface area contributed by atoms with Crippen molar-refractivity contribution in [2.24, 2.45) is 0 Å². The van der Waals surface area contributed by atoms with Crippen molar-refractivity contribution < 1.29 is 38.7 Å². The first-order valence-corrected chi connectivity index (χ1v) is 9.27. The van der Waals surface area contributed by atoms with Gasteiger partial charge in [0, 0.05) is 0 Å². The molecule has 1 aliphatic rings. The first-order chi connectivity index (χ1) is 14.5. The summed E-state index contributed by atoms with van der Waals surface area (Å²) in [4.78, 5) is 22.0. The Balaban J connectivity index is 0.000000503. The van der Waals surface area contributed by atoms with Crippen LogP contribution in [0.15, 0.2) is 48.5 Å². The zero-order valence-electron chi connectivity index (χ0n) is 17.2. The van der Waals surface area contributed by atoms with E-state index in [-0.39, 0.29) is 32.6 Å². The second-order valence-corrected chi connectivity index (χ2v) is 5.92. The van der Waals surface area contributed by atoms with E-state index in [0.717, 1.165) is 24.3 Å². The number of carbonyl (C=O) groups is 2. The number of ether oxygens (including phenoxy) is 4. The standard InChI is InChI=1S/C11H14O4.C9H10O3.C2H4O.CH4/c1-14-11(13)10-4-2-9(3-5-10)8-15-7-6-12;1-12-9(11)8-4-2-7(6-10)3-5-8;1-2-3-1;/h2-5,12H,6-8H2,1H3;2-5,10H,6H2,1H3;1-2H2;1H4. The van der Waals surface area contributed by atoms with Gasteiger partial charge in [-0.05, 0) is 35.4 Å². The van der Waals surface area contributed by atoms with Crippen LogP contribution in [0.4, 0.5) is 0 Å². The monoisotopic (exact) mass is 436 g/mol. The van der Waals surface area contributed by atoms with E-state index < -0.39 is 0 Å². The van der Waals surface area contributed by atoms with Crippen molar-refractivity contribution in [3.63, 3.8) is 0 Å². The molecule has 0 aliphatic carbocycles. The van der Waals surface area contributed by atoms with Crippen molar-refractivity contribution in [1.29, 1.82) is 0 Å². The molecular weight excluding hydrogens is 404 g/mol. The number of epoxide rings is 1. The van der Waals surface area contributed by atoms with Crippen molar-refractivity contribution in [2.75, 3.05) is 40.6 Å². The van der Waals surface area contributed by atoms with E-state index in [4.69, 9.17) is 14.9 Å². The molecule has 1 aliphatic heterocycles. The Morgan fingerprint density at radius 3 is 1.58 bits per heavy atom. The number of rotatable bonds is 7. The maximum Gasteiger partial charge on any atom is 0.337 e. The molecule has 172 valence electrons. The highest BCUT2D eigenvalue weighted by Crippen LogP contribution is 2.07. The molecule has 0 radical (unpaired) electrons. The van der Waals surface area contributed by atoms with Crippen molar-refractivity contribution >= 4 is 11.9 Å². The second-order valence-electron chi connectivity index (χ2n) is 5.92. The fraction of sp³-hybridized carbons (Fsp3) is 0.391. The summed E-state index contributed by atoms with van der Waals surface area (Å²) < 4.78 is 18.7. The van der Waals surface area contributed by atoms with Gasteiger partial charge >= 0.3 is 11.9 Å². The molecule has 2 N–H and O–H groups in total. The highest BCUT2D eigenvalue weighted by molar-refractivity contribution is 5.89. The Morgan fingerprint density at radius 2 is 1.26 bits per heavy atom. The summed E-state index contributed by atoms with van der Waals surface area (Å²) in [5.41, 5.74) is 2.75. The lowest BCUT2D eigenvalue weighted by Crippen LogP contribution is -2.02. The third-order valence-corrected chi connectivity index (χ3v) is 3.64. The van der Waals surface area contributed by atoms with E-state index in [9.17, 15) is 9.59 Å². The fourth-order valence-electron chi connectivity index (χ4n) is 1.97. The van der Waals surface area contributed by atoms with Gasteiger partial charge in [-0.25, -0.2) is 9.59 Å². The van der Waals surface area contributed by atoms with E-state index in [1.54, 1.807) is 48.5 Å². The maximum atomic E-state index is 11.1. The molecule has 1 saturated heterocycles. The summed E-state index contributed by atoms with van der Waals surface area (Å²) in [7, 11) is 2.68. The predicted molar refractivity (Wildman–Crippen MR) is 116 cm³/mol. The first kappa shape index (κ1) is 28.2. The summed E-state index contributed by atoms with van der Waals surface area (Å²) in [5, 5.41) is 17.2. The van der Waals surface area contributed by atoms with Gasteiger partial charge in [0.1, 0.15) is 0 Å². The molecule has 0 spiro atoms. The summed E-state index contributed by atoms with van der Waals surface area (Å²) in [6, 6.07) is 13.6. The second kappa shape index (κ2) is 17.0. The number of esters is 2. The van der Waals surface area contributed by atoms with Gasteiger partial charge in [0.05, 0.1) is 65.0 Å². The Hall–Kier alpha value is -2.78.